The van der Waals surface area contributed by atoms with Crippen LogP contribution in [0.4, 0.5) is 8.78 Å². The SMILES string of the molecule is COc1cc(C=CC(=O)NCCOc2ccc3c(c2)OCO3)ccc1OC(F)F. The minimum Gasteiger partial charge on any atom is -0.493 e. The lowest BCUT2D eigenvalue weighted by molar-refractivity contribution is -0.116. The Balaban J connectivity index is 1.44. The Morgan fingerprint density at radius 2 is 2.00 bits per heavy atom. The first-order chi connectivity index (χ1) is 14.0. The third-order valence-corrected chi connectivity index (χ3v) is 3.84. The maximum absolute atomic E-state index is 12.3. The minimum atomic E-state index is -2.95. The normalized spacial score (nSPS) is 12.3. The van der Waals surface area contributed by atoms with E-state index in [1.165, 1.54) is 37.5 Å². The van der Waals surface area contributed by atoms with E-state index >= 15 is 0 Å². The van der Waals surface area contributed by atoms with Crippen LogP contribution in [0.2, 0.25) is 0 Å². The van der Waals surface area contributed by atoms with Gasteiger partial charge >= 0.3 is 6.61 Å². The van der Waals surface area contributed by atoms with Crippen molar-refractivity contribution in [3.63, 3.8) is 0 Å². The first kappa shape index (κ1) is 20.2. The Kier molecular flexibility index (Phi) is 6.72. The van der Waals surface area contributed by atoms with Gasteiger partial charge in [-0.1, -0.05) is 6.07 Å². The molecule has 0 atom stereocenters. The van der Waals surface area contributed by atoms with Crippen molar-refractivity contribution in [2.75, 3.05) is 27.1 Å². The number of ether oxygens (including phenoxy) is 5. The predicted molar refractivity (Wildman–Crippen MR) is 99.7 cm³/mol. The van der Waals surface area contributed by atoms with Crippen LogP contribution < -0.4 is 29.0 Å². The summed E-state index contributed by atoms with van der Waals surface area (Å²) in [6, 6.07) is 9.60. The van der Waals surface area contributed by atoms with Crippen LogP contribution in [0.1, 0.15) is 5.56 Å². The molecule has 3 rings (SSSR count). The highest BCUT2D eigenvalue weighted by Gasteiger charge is 2.13. The molecule has 0 fully saturated rings. The molecule has 1 amide bonds. The molecule has 1 heterocycles. The van der Waals surface area contributed by atoms with Crippen molar-refractivity contribution < 1.29 is 37.3 Å². The van der Waals surface area contributed by atoms with Gasteiger partial charge in [-0.2, -0.15) is 8.78 Å². The highest BCUT2D eigenvalue weighted by atomic mass is 19.3. The second-order valence-corrected chi connectivity index (χ2v) is 5.78. The van der Waals surface area contributed by atoms with E-state index in [0.717, 1.165) is 0 Å². The molecule has 1 aliphatic rings. The molecule has 0 saturated heterocycles. The number of carbonyl (C=O) groups excluding carboxylic acids is 1. The van der Waals surface area contributed by atoms with Crippen LogP contribution in [0.3, 0.4) is 0 Å². The molecule has 0 aliphatic carbocycles. The van der Waals surface area contributed by atoms with Crippen LogP contribution in [0.5, 0.6) is 28.7 Å². The number of rotatable bonds is 9. The predicted octanol–water partition coefficient (Wildman–Crippen LogP) is 3.23. The molecular weight excluding hydrogens is 388 g/mol. The lowest BCUT2D eigenvalue weighted by atomic mass is 10.2. The van der Waals surface area contributed by atoms with Gasteiger partial charge in [-0.15, -0.1) is 0 Å². The van der Waals surface area contributed by atoms with Gasteiger partial charge in [-0.05, 0) is 35.9 Å². The van der Waals surface area contributed by atoms with Crippen LogP contribution in [0.25, 0.3) is 6.08 Å². The van der Waals surface area contributed by atoms with Crippen molar-refractivity contribution in [1.82, 2.24) is 5.32 Å². The Labute approximate surface area is 165 Å². The Morgan fingerprint density at radius 1 is 1.17 bits per heavy atom. The standard InChI is InChI=1S/C20H19F2NO6/c1-25-17-10-13(2-5-16(17)29-20(21)22)3-7-19(24)23-8-9-26-14-4-6-15-18(11-14)28-12-27-15/h2-7,10-11,20H,8-9,12H2,1H3,(H,23,24). The quantitative estimate of drug-likeness (QED) is 0.508. The average Bonchev–Trinajstić information content (AvgIpc) is 3.18. The van der Waals surface area contributed by atoms with Crippen LogP contribution in [0.15, 0.2) is 42.5 Å². The molecular formula is C20H19F2NO6. The van der Waals surface area contributed by atoms with E-state index in [0.29, 0.717) is 29.4 Å². The van der Waals surface area contributed by atoms with Crippen LogP contribution in [-0.4, -0.2) is 39.6 Å². The second-order valence-electron chi connectivity index (χ2n) is 5.78. The molecule has 1 aliphatic heterocycles. The molecule has 1 N–H and O–H groups in total. The molecule has 0 radical (unpaired) electrons. The first-order valence-corrected chi connectivity index (χ1v) is 8.66. The summed E-state index contributed by atoms with van der Waals surface area (Å²) in [5, 5.41) is 2.68. The summed E-state index contributed by atoms with van der Waals surface area (Å²) >= 11 is 0. The Morgan fingerprint density at radius 3 is 2.79 bits per heavy atom. The van der Waals surface area contributed by atoms with Crippen LogP contribution in [0, 0.1) is 0 Å². The van der Waals surface area contributed by atoms with Crippen LogP contribution in [-0.2, 0) is 4.79 Å². The third-order valence-electron chi connectivity index (χ3n) is 3.84. The highest BCUT2D eigenvalue weighted by Crippen LogP contribution is 2.35. The van der Waals surface area contributed by atoms with E-state index in [1.807, 2.05) is 0 Å². The van der Waals surface area contributed by atoms with Crippen molar-refractivity contribution in [3.05, 3.63) is 48.0 Å². The van der Waals surface area contributed by atoms with Gasteiger partial charge in [0.2, 0.25) is 12.7 Å². The number of hydrogen-bond acceptors (Lipinski definition) is 6. The van der Waals surface area contributed by atoms with E-state index in [9.17, 15) is 13.6 Å². The molecule has 0 unspecified atom stereocenters. The summed E-state index contributed by atoms with van der Waals surface area (Å²) < 4.78 is 50.1. The number of amides is 1. The van der Waals surface area contributed by atoms with Gasteiger partial charge in [0.1, 0.15) is 12.4 Å². The summed E-state index contributed by atoms with van der Waals surface area (Å²) in [5.41, 5.74) is 0.593. The molecule has 0 aromatic heterocycles. The Bertz CT molecular complexity index is 887. The van der Waals surface area contributed by atoms with E-state index < -0.39 is 6.61 Å². The fourth-order valence-corrected chi connectivity index (χ4v) is 2.52. The van der Waals surface area contributed by atoms with Gasteiger partial charge in [-0.3, -0.25) is 4.79 Å². The minimum absolute atomic E-state index is 0.0789. The lowest BCUT2D eigenvalue weighted by Gasteiger charge is -2.10. The maximum Gasteiger partial charge on any atom is 0.387 e. The number of alkyl halides is 2. The smallest absolute Gasteiger partial charge is 0.387 e. The van der Waals surface area contributed by atoms with Gasteiger partial charge in [0.15, 0.2) is 23.0 Å². The molecule has 0 spiro atoms. The van der Waals surface area contributed by atoms with Gasteiger partial charge in [0, 0.05) is 12.1 Å². The third kappa shape index (κ3) is 5.74. The molecule has 0 saturated carbocycles. The highest BCUT2D eigenvalue weighted by molar-refractivity contribution is 5.91. The molecule has 0 bridgehead atoms. The number of benzene rings is 2. The van der Waals surface area contributed by atoms with Crippen molar-refractivity contribution in [3.8, 4) is 28.7 Å². The maximum atomic E-state index is 12.3. The average molecular weight is 407 g/mol. The number of methoxy groups -OCH3 is 1. The van der Waals surface area contributed by atoms with Gasteiger partial charge in [-0.25, -0.2) is 0 Å². The van der Waals surface area contributed by atoms with Gasteiger partial charge < -0.3 is 29.0 Å². The number of nitrogens with one attached hydrogen (secondary N) is 1. The molecule has 2 aromatic carbocycles. The first-order valence-electron chi connectivity index (χ1n) is 8.66. The number of fused-ring (bicyclic) bond motifs is 1. The molecule has 9 heteroatoms. The van der Waals surface area contributed by atoms with E-state index in [2.05, 4.69) is 10.1 Å². The number of halogens is 2. The van der Waals surface area contributed by atoms with Crippen molar-refractivity contribution >= 4 is 12.0 Å². The van der Waals surface area contributed by atoms with Crippen molar-refractivity contribution in [2.45, 2.75) is 6.61 Å². The number of carbonyl (C=O) groups is 1. The molecule has 7 nitrogen and oxygen atoms in total. The summed E-state index contributed by atoms with van der Waals surface area (Å²) in [5.74, 6) is 1.63. The fourth-order valence-electron chi connectivity index (χ4n) is 2.52. The summed E-state index contributed by atoms with van der Waals surface area (Å²) in [6.07, 6.45) is 2.85. The summed E-state index contributed by atoms with van der Waals surface area (Å²) in [7, 11) is 1.34. The van der Waals surface area contributed by atoms with E-state index in [1.54, 1.807) is 18.2 Å². The summed E-state index contributed by atoms with van der Waals surface area (Å²) in [6.45, 7) is -2.19. The van der Waals surface area contributed by atoms with Gasteiger partial charge in [0.25, 0.3) is 0 Å². The Hall–Kier alpha value is -3.49. The number of hydrogen-bond donors (Lipinski definition) is 1. The van der Waals surface area contributed by atoms with Crippen molar-refractivity contribution in [2.24, 2.45) is 0 Å². The summed E-state index contributed by atoms with van der Waals surface area (Å²) in [4.78, 5) is 11.9. The lowest BCUT2D eigenvalue weighted by Crippen LogP contribution is -2.26. The monoisotopic (exact) mass is 407 g/mol. The van der Waals surface area contributed by atoms with Gasteiger partial charge in [0.05, 0.1) is 13.7 Å². The largest absolute Gasteiger partial charge is 0.493 e. The molecule has 29 heavy (non-hydrogen) atoms. The zero-order chi connectivity index (χ0) is 20.6. The zero-order valence-electron chi connectivity index (χ0n) is 15.5. The molecule has 154 valence electrons. The topological polar surface area (TPSA) is 75.3 Å². The molecule has 2 aromatic rings. The fraction of sp³-hybridized carbons (Fsp3) is 0.250. The van der Waals surface area contributed by atoms with E-state index in [4.69, 9.17) is 18.9 Å². The zero-order valence-corrected chi connectivity index (χ0v) is 15.5. The van der Waals surface area contributed by atoms with Crippen molar-refractivity contribution in [1.29, 1.82) is 0 Å². The van der Waals surface area contributed by atoms with Crippen LogP contribution >= 0.6 is 0 Å². The second kappa shape index (κ2) is 9.63. The van der Waals surface area contributed by atoms with E-state index in [-0.39, 0.29) is 30.8 Å².